The van der Waals surface area contributed by atoms with Crippen molar-refractivity contribution >= 4 is 23.1 Å². The van der Waals surface area contributed by atoms with Crippen LogP contribution in [0.5, 0.6) is 0 Å². The Hall–Kier alpha value is -0.790. The molecular formula is C5H9NO5S. The summed E-state index contributed by atoms with van der Waals surface area (Å²) in [4.78, 5) is 20.1. The zero-order valence-electron chi connectivity index (χ0n) is 6.10. The molecule has 0 aliphatic carbocycles. The molecule has 0 rings (SSSR count). The lowest BCUT2D eigenvalue weighted by molar-refractivity contribution is -0.138. The van der Waals surface area contributed by atoms with Crippen LogP contribution in [0.15, 0.2) is 0 Å². The van der Waals surface area contributed by atoms with Crippen molar-refractivity contribution in [3.8, 4) is 0 Å². The van der Waals surface area contributed by atoms with E-state index in [0.717, 1.165) is 0 Å². The van der Waals surface area contributed by atoms with Gasteiger partial charge in [-0.3, -0.25) is 4.79 Å². The molecule has 7 heteroatoms. The van der Waals surface area contributed by atoms with Crippen LogP contribution in [0.4, 0.5) is 0 Å². The van der Waals surface area contributed by atoms with E-state index in [1.807, 2.05) is 0 Å². The van der Waals surface area contributed by atoms with E-state index in [4.69, 9.17) is 15.9 Å². The molecule has 0 aliphatic rings. The molecule has 0 heterocycles. The Balaban J connectivity index is 3.76. The first kappa shape index (κ1) is 11.2. The highest BCUT2D eigenvalue weighted by Gasteiger charge is 2.21. The first-order valence-corrected chi connectivity index (χ1v) is 4.47. The summed E-state index contributed by atoms with van der Waals surface area (Å²) in [6, 6.07) is -1.26. The summed E-state index contributed by atoms with van der Waals surface area (Å²) < 4.78 is 10.8. The fraction of sp³-hybridized carbons (Fsp3) is 0.600. The van der Waals surface area contributed by atoms with E-state index in [9.17, 15) is 14.1 Å². The predicted molar refractivity (Wildman–Crippen MR) is 41.1 cm³/mol. The van der Waals surface area contributed by atoms with Crippen molar-refractivity contribution in [3.63, 3.8) is 0 Å². The smallest absolute Gasteiger partial charge is 0.353 e. The number of carboxylic acid groups (broad SMARTS) is 2. The van der Waals surface area contributed by atoms with Crippen molar-refractivity contribution in [3.05, 3.63) is 0 Å². The van der Waals surface area contributed by atoms with Crippen LogP contribution >= 0.6 is 0 Å². The fourth-order valence-corrected chi connectivity index (χ4v) is 1.40. The van der Waals surface area contributed by atoms with Crippen molar-refractivity contribution in [1.29, 1.82) is 0 Å². The molecule has 0 aliphatic heterocycles. The van der Waals surface area contributed by atoms with Crippen molar-refractivity contribution in [2.24, 2.45) is 5.73 Å². The third-order valence-corrected chi connectivity index (χ3v) is 2.27. The molecular weight excluding hydrogens is 186 g/mol. The number of carbonyl (C=O) groups is 2. The first-order chi connectivity index (χ1) is 5.43. The zero-order valence-corrected chi connectivity index (χ0v) is 6.91. The molecule has 70 valence electrons. The molecule has 0 aromatic heterocycles. The maximum absolute atomic E-state index is 10.8. The van der Waals surface area contributed by atoms with Crippen LogP contribution < -0.4 is 5.73 Å². The molecule has 0 aromatic carbocycles. The normalized spacial score (nSPS) is 15.2. The molecule has 0 bridgehead atoms. The average molecular weight is 195 g/mol. The summed E-state index contributed by atoms with van der Waals surface area (Å²) in [6.07, 6.45) is 0. The third kappa shape index (κ3) is 4.94. The van der Waals surface area contributed by atoms with E-state index >= 15 is 0 Å². The number of aliphatic carboxylic acids is 2. The van der Waals surface area contributed by atoms with Crippen LogP contribution in [0, 0.1) is 0 Å². The van der Waals surface area contributed by atoms with Gasteiger partial charge in [-0.25, -0.2) is 4.79 Å². The average Bonchev–Trinajstić information content (AvgIpc) is 1.84. The summed E-state index contributed by atoms with van der Waals surface area (Å²) in [5, 5.41) is 16.4. The molecule has 1 unspecified atom stereocenters. The lowest BCUT2D eigenvalue weighted by Crippen LogP contribution is -2.38. The number of hydrogen-bond acceptors (Lipinski definition) is 4. The first-order valence-electron chi connectivity index (χ1n) is 2.98. The van der Waals surface area contributed by atoms with Gasteiger partial charge in [0.1, 0.15) is 11.8 Å². The van der Waals surface area contributed by atoms with Gasteiger partial charge in [-0.2, -0.15) is 0 Å². The highest BCUT2D eigenvalue weighted by atomic mass is 32.2. The Morgan fingerprint density at radius 3 is 2.33 bits per heavy atom. The van der Waals surface area contributed by atoms with Gasteiger partial charge in [0.05, 0.1) is 0 Å². The number of nitrogens with two attached hydrogens (primary N) is 1. The van der Waals surface area contributed by atoms with Crippen molar-refractivity contribution in [2.45, 2.75) is 6.04 Å². The van der Waals surface area contributed by atoms with Gasteiger partial charge in [-0.05, 0) is 11.2 Å². The molecule has 4 N–H and O–H groups in total. The second-order valence-corrected chi connectivity index (χ2v) is 3.59. The standard InChI is InChI=1S/C5H9NO5S/c6-3(5(9)10)1-12(11)2-4(7)8/h3H,1-2,6H2,(H,7,8)(H,9,10)/t3-,12?/m0/s1. The van der Waals surface area contributed by atoms with Gasteiger partial charge in [0.25, 0.3) is 0 Å². The number of carboxylic acids is 2. The number of hydrogen-bond donors (Lipinski definition) is 3. The third-order valence-electron chi connectivity index (χ3n) is 0.967. The number of rotatable bonds is 5. The highest BCUT2D eigenvalue weighted by Crippen LogP contribution is 1.93. The SMILES string of the molecule is N[C@@H](C[S+]([O-])CC(=O)O)C(=O)O. The molecule has 2 atom stereocenters. The summed E-state index contributed by atoms with van der Waals surface area (Å²) in [7, 11) is 0. The van der Waals surface area contributed by atoms with E-state index in [2.05, 4.69) is 0 Å². The Morgan fingerprint density at radius 2 is 2.00 bits per heavy atom. The molecule has 12 heavy (non-hydrogen) atoms. The van der Waals surface area contributed by atoms with Gasteiger partial charge in [0.2, 0.25) is 5.75 Å². The Labute approximate surface area is 71.5 Å². The fourth-order valence-electron chi connectivity index (χ4n) is 0.468. The zero-order chi connectivity index (χ0) is 9.72. The maximum Gasteiger partial charge on any atom is 0.353 e. The molecule has 0 saturated heterocycles. The quantitative estimate of drug-likeness (QED) is 0.446. The summed E-state index contributed by atoms with van der Waals surface area (Å²) >= 11 is -1.71. The van der Waals surface area contributed by atoms with Gasteiger partial charge >= 0.3 is 11.9 Å². The van der Waals surface area contributed by atoms with Crippen LogP contribution in [0.3, 0.4) is 0 Å². The van der Waals surface area contributed by atoms with Gasteiger partial charge in [0.15, 0.2) is 0 Å². The minimum absolute atomic E-state index is 0.332. The topological polar surface area (TPSA) is 124 Å². The van der Waals surface area contributed by atoms with E-state index in [-0.39, 0.29) is 5.75 Å². The second-order valence-electron chi connectivity index (χ2n) is 2.09. The molecule has 0 saturated carbocycles. The summed E-state index contributed by atoms with van der Waals surface area (Å²) in [6.45, 7) is 0. The van der Waals surface area contributed by atoms with Crippen molar-refractivity contribution < 1.29 is 24.4 Å². The van der Waals surface area contributed by atoms with Crippen LogP contribution in [-0.2, 0) is 20.8 Å². The van der Waals surface area contributed by atoms with Crippen LogP contribution in [0.2, 0.25) is 0 Å². The summed E-state index contributed by atoms with van der Waals surface area (Å²) in [5.41, 5.74) is 5.01. The molecule has 6 nitrogen and oxygen atoms in total. The molecule has 0 radical (unpaired) electrons. The largest absolute Gasteiger partial charge is 0.616 e. The Bertz CT molecular complexity index is 185. The Morgan fingerprint density at radius 1 is 1.50 bits per heavy atom. The maximum atomic E-state index is 10.8. The molecule has 0 amide bonds. The lowest BCUT2D eigenvalue weighted by Gasteiger charge is -2.10. The van der Waals surface area contributed by atoms with E-state index in [1.54, 1.807) is 0 Å². The van der Waals surface area contributed by atoms with Crippen LogP contribution in [-0.4, -0.2) is 44.3 Å². The Kier molecular flexibility index (Phi) is 4.64. The van der Waals surface area contributed by atoms with Crippen LogP contribution in [0.25, 0.3) is 0 Å². The molecule has 0 aromatic rings. The van der Waals surface area contributed by atoms with Gasteiger partial charge < -0.3 is 20.5 Å². The molecule has 0 fully saturated rings. The minimum atomic E-state index is -1.71. The van der Waals surface area contributed by atoms with E-state index in [0.29, 0.717) is 0 Å². The van der Waals surface area contributed by atoms with E-state index in [1.165, 1.54) is 0 Å². The molecule has 0 spiro atoms. The lowest BCUT2D eigenvalue weighted by atomic mass is 10.4. The van der Waals surface area contributed by atoms with E-state index < -0.39 is 34.9 Å². The summed E-state index contributed by atoms with van der Waals surface area (Å²) in [5.74, 6) is -3.41. The second kappa shape index (κ2) is 4.96. The highest BCUT2D eigenvalue weighted by molar-refractivity contribution is 7.92. The van der Waals surface area contributed by atoms with Gasteiger partial charge in [-0.15, -0.1) is 0 Å². The minimum Gasteiger partial charge on any atom is -0.616 e. The predicted octanol–water partition coefficient (Wildman–Crippen LogP) is -1.77. The van der Waals surface area contributed by atoms with Gasteiger partial charge in [0, 0.05) is 0 Å². The van der Waals surface area contributed by atoms with Crippen molar-refractivity contribution in [2.75, 3.05) is 11.5 Å². The van der Waals surface area contributed by atoms with Crippen molar-refractivity contribution in [1.82, 2.24) is 0 Å². The van der Waals surface area contributed by atoms with Crippen LogP contribution in [0.1, 0.15) is 0 Å². The monoisotopic (exact) mass is 195 g/mol. The van der Waals surface area contributed by atoms with Gasteiger partial charge in [-0.1, -0.05) is 0 Å².